The van der Waals surface area contributed by atoms with Gasteiger partial charge in [0.05, 0.1) is 6.61 Å². The summed E-state index contributed by atoms with van der Waals surface area (Å²) in [5.41, 5.74) is 4.22. The summed E-state index contributed by atoms with van der Waals surface area (Å²) in [7, 11) is 0. The number of carbonyl (C=O) groups is 2. The Morgan fingerprint density at radius 1 is 1.03 bits per heavy atom. The number of rotatable bonds is 5. The number of aliphatic imine (C=N–C) groups is 1. The molecule has 0 radical (unpaired) electrons. The standard InChI is InChI=1S/C27H29NO3/c1-18-23(26(30)31-15-14-19-10-6-4-7-11-19)24(20-12-8-5-9-13-20)25-21(28-18)16-27(2,3)17-22(25)29/h4-13,23-24H,14-17H2,1-3H3/t23?,24-/m1/s1. The molecule has 2 aliphatic rings. The fourth-order valence-electron chi connectivity index (χ4n) is 4.77. The van der Waals surface area contributed by atoms with Crippen LogP contribution in [0.25, 0.3) is 0 Å². The second-order valence-corrected chi connectivity index (χ2v) is 9.32. The lowest BCUT2D eigenvalue weighted by atomic mass is 9.67. The van der Waals surface area contributed by atoms with Gasteiger partial charge in [0.2, 0.25) is 0 Å². The van der Waals surface area contributed by atoms with E-state index in [-0.39, 0.29) is 23.1 Å². The van der Waals surface area contributed by atoms with Gasteiger partial charge in [-0.05, 0) is 29.9 Å². The van der Waals surface area contributed by atoms with Crippen molar-refractivity contribution >= 4 is 17.5 Å². The molecule has 1 aliphatic heterocycles. The van der Waals surface area contributed by atoms with E-state index in [0.29, 0.717) is 25.0 Å². The first-order valence-corrected chi connectivity index (χ1v) is 10.9. The van der Waals surface area contributed by atoms with Crippen LogP contribution in [0.5, 0.6) is 0 Å². The van der Waals surface area contributed by atoms with E-state index >= 15 is 0 Å². The van der Waals surface area contributed by atoms with Gasteiger partial charge in [-0.3, -0.25) is 14.6 Å². The molecular formula is C27H29NO3. The third kappa shape index (κ3) is 4.53. The van der Waals surface area contributed by atoms with Crippen LogP contribution < -0.4 is 0 Å². The van der Waals surface area contributed by atoms with Crippen molar-refractivity contribution in [1.82, 2.24) is 0 Å². The van der Waals surface area contributed by atoms with Crippen molar-refractivity contribution in [2.24, 2.45) is 16.3 Å². The van der Waals surface area contributed by atoms with Crippen LogP contribution >= 0.6 is 0 Å². The Bertz CT molecular complexity index is 1030. The Balaban J connectivity index is 1.63. The first kappa shape index (κ1) is 21.2. The lowest BCUT2D eigenvalue weighted by Crippen LogP contribution is -2.39. The number of hydrogen-bond acceptors (Lipinski definition) is 4. The third-order valence-corrected chi connectivity index (χ3v) is 6.19. The molecule has 1 aliphatic carbocycles. The number of esters is 1. The molecule has 0 saturated heterocycles. The molecule has 4 heteroatoms. The summed E-state index contributed by atoms with van der Waals surface area (Å²) in [6, 6.07) is 19.8. The maximum Gasteiger partial charge on any atom is 0.315 e. The number of hydrogen-bond donors (Lipinski definition) is 0. The van der Waals surface area contributed by atoms with Gasteiger partial charge >= 0.3 is 5.97 Å². The molecular weight excluding hydrogens is 386 g/mol. The normalized spacial score (nSPS) is 22.5. The van der Waals surface area contributed by atoms with Crippen molar-refractivity contribution in [2.45, 2.75) is 46.0 Å². The second kappa shape index (κ2) is 8.62. The highest BCUT2D eigenvalue weighted by Gasteiger charge is 2.45. The average molecular weight is 416 g/mol. The molecule has 160 valence electrons. The monoisotopic (exact) mass is 415 g/mol. The van der Waals surface area contributed by atoms with Gasteiger partial charge in [0.1, 0.15) is 5.92 Å². The van der Waals surface area contributed by atoms with Crippen molar-refractivity contribution in [3.8, 4) is 0 Å². The Morgan fingerprint density at radius 3 is 2.35 bits per heavy atom. The van der Waals surface area contributed by atoms with Gasteiger partial charge in [0.25, 0.3) is 0 Å². The van der Waals surface area contributed by atoms with E-state index in [9.17, 15) is 9.59 Å². The molecule has 0 N–H and O–H groups in total. The van der Waals surface area contributed by atoms with Crippen LogP contribution in [0.2, 0.25) is 0 Å². The van der Waals surface area contributed by atoms with Gasteiger partial charge in [-0.15, -0.1) is 0 Å². The molecule has 0 bridgehead atoms. The zero-order chi connectivity index (χ0) is 22.0. The van der Waals surface area contributed by atoms with Gasteiger partial charge in [0, 0.05) is 35.7 Å². The predicted molar refractivity (Wildman–Crippen MR) is 122 cm³/mol. The maximum atomic E-state index is 13.3. The summed E-state index contributed by atoms with van der Waals surface area (Å²) in [6.45, 7) is 6.39. The van der Waals surface area contributed by atoms with Crippen LogP contribution in [0.1, 0.15) is 50.7 Å². The van der Waals surface area contributed by atoms with Crippen molar-refractivity contribution in [3.05, 3.63) is 83.1 Å². The number of carbonyl (C=O) groups excluding carboxylic acids is 2. The van der Waals surface area contributed by atoms with Crippen molar-refractivity contribution in [2.75, 3.05) is 6.61 Å². The van der Waals surface area contributed by atoms with E-state index in [2.05, 4.69) is 13.8 Å². The first-order valence-electron chi connectivity index (χ1n) is 10.9. The number of nitrogens with zero attached hydrogens (tertiary/aromatic N) is 1. The Labute approximate surface area is 184 Å². The summed E-state index contributed by atoms with van der Waals surface area (Å²) in [6.07, 6.45) is 1.87. The van der Waals surface area contributed by atoms with E-state index in [1.807, 2.05) is 67.6 Å². The molecule has 0 saturated carbocycles. The molecule has 0 aromatic heterocycles. The van der Waals surface area contributed by atoms with Crippen molar-refractivity contribution in [1.29, 1.82) is 0 Å². The Morgan fingerprint density at radius 2 is 1.68 bits per heavy atom. The van der Waals surface area contributed by atoms with Crippen LogP contribution in [0, 0.1) is 11.3 Å². The molecule has 2 atom stereocenters. The van der Waals surface area contributed by atoms with E-state index in [1.165, 1.54) is 0 Å². The minimum Gasteiger partial charge on any atom is -0.465 e. The number of Topliss-reactive ketones (excluding diaryl/α,β-unsaturated/α-hetero) is 1. The van der Waals surface area contributed by atoms with Crippen LogP contribution in [0.15, 0.2) is 76.9 Å². The molecule has 4 nitrogen and oxygen atoms in total. The first-order chi connectivity index (χ1) is 14.9. The van der Waals surface area contributed by atoms with Gasteiger partial charge in [0.15, 0.2) is 5.78 Å². The maximum absolute atomic E-state index is 13.3. The largest absolute Gasteiger partial charge is 0.465 e. The fourth-order valence-corrected chi connectivity index (χ4v) is 4.77. The lowest BCUT2D eigenvalue weighted by molar-refractivity contribution is -0.146. The summed E-state index contributed by atoms with van der Waals surface area (Å²) in [4.78, 5) is 31.2. The minimum absolute atomic E-state index is 0.0958. The van der Waals surface area contributed by atoms with Gasteiger partial charge < -0.3 is 4.74 Å². The topological polar surface area (TPSA) is 55.7 Å². The van der Waals surface area contributed by atoms with Gasteiger partial charge in [-0.2, -0.15) is 0 Å². The quantitative estimate of drug-likeness (QED) is 0.624. The molecule has 0 spiro atoms. The Hall–Kier alpha value is -3.01. The molecule has 0 fully saturated rings. The highest BCUT2D eigenvalue weighted by molar-refractivity contribution is 6.09. The molecule has 2 aromatic rings. The number of allylic oxidation sites excluding steroid dienone is 2. The molecule has 1 unspecified atom stereocenters. The van der Waals surface area contributed by atoms with E-state index in [4.69, 9.17) is 9.73 Å². The van der Waals surface area contributed by atoms with Crippen LogP contribution in [0.3, 0.4) is 0 Å². The molecule has 4 rings (SSSR count). The van der Waals surface area contributed by atoms with Crippen molar-refractivity contribution < 1.29 is 14.3 Å². The third-order valence-electron chi connectivity index (χ3n) is 6.19. The van der Waals surface area contributed by atoms with E-state index in [1.54, 1.807) is 0 Å². The second-order valence-electron chi connectivity index (χ2n) is 9.32. The van der Waals surface area contributed by atoms with Gasteiger partial charge in [-0.25, -0.2) is 0 Å². The molecule has 0 amide bonds. The summed E-state index contributed by atoms with van der Waals surface area (Å²) < 4.78 is 5.71. The molecule has 1 heterocycles. The summed E-state index contributed by atoms with van der Waals surface area (Å²) in [5, 5.41) is 0. The average Bonchev–Trinajstić information content (AvgIpc) is 2.73. The van der Waals surface area contributed by atoms with Gasteiger partial charge in [-0.1, -0.05) is 74.5 Å². The summed E-state index contributed by atoms with van der Waals surface area (Å²) in [5.74, 6) is -1.14. The lowest BCUT2D eigenvalue weighted by Gasteiger charge is -2.39. The SMILES string of the molecule is CC1=NC2=C(C(=O)CC(C)(C)C2)[C@H](c2ccccc2)C1C(=O)OCCc1ccccc1. The van der Waals surface area contributed by atoms with Crippen LogP contribution in [-0.4, -0.2) is 24.1 Å². The molecule has 2 aromatic carbocycles. The van der Waals surface area contributed by atoms with E-state index in [0.717, 1.165) is 29.0 Å². The number of ether oxygens (including phenoxy) is 1. The van der Waals surface area contributed by atoms with Crippen molar-refractivity contribution in [3.63, 3.8) is 0 Å². The zero-order valence-electron chi connectivity index (χ0n) is 18.4. The fraction of sp³-hybridized carbons (Fsp3) is 0.370. The predicted octanol–water partition coefficient (Wildman–Crippen LogP) is 5.29. The smallest absolute Gasteiger partial charge is 0.315 e. The highest BCUT2D eigenvalue weighted by Crippen LogP contribution is 2.47. The highest BCUT2D eigenvalue weighted by atomic mass is 16.5. The molecule has 31 heavy (non-hydrogen) atoms. The van der Waals surface area contributed by atoms with Crippen LogP contribution in [0.4, 0.5) is 0 Å². The minimum atomic E-state index is -0.581. The zero-order valence-corrected chi connectivity index (χ0v) is 18.4. The van der Waals surface area contributed by atoms with E-state index < -0.39 is 5.92 Å². The Kier molecular flexibility index (Phi) is 5.90. The summed E-state index contributed by atoms with van der Waals surface area (Å²) >= 11 is 0. The number of benzene rings is 2. The number of ketones is 1. The van der Waals surface area contributed by atoms with Crippen LogP contribution in [-0.2, 0) is 20.7 Å².